The summed E-state index contributed by atoms with van der Waals surface area (Å²) in [5.41, 5.74) is 4.22. The van der Waals surface area contributed by atoms with E-state index in [1.54, 1.807) is 9.80 Å². The number of benzene rings is 1. The Balaban J connectivity index is 1.44. The van der Waals surface area contributed by atoms with E-state index >= 15 is 0 Å². The minimum Gasteiger partial charge on any atom is -0.481 e. The van der Waals surface area contributed by atoms with Crippen molar-refractivity contribution in [3.63, 3.8) is 0 Å². The molecular formula is C24H34F2N4O5. The molecule has 0 aromatic heterocycles. The smallest absolute Gasteiger partial charge is 0.410 e. The summed E-state index contributed by atoms with van der Waals surface area (Å²) in [7, 11) is 0. The molecule has 3 N–H and O–H groups in total. The van der Waals surface area contributed by atoms with Gasteiger partial charge in [0.2, 0.25) is 0 Å². The summed E-state index contributed by atoms with van der Waals surface area (Å²) in [4.78, 5) is 31.8. The SMILES string of the molecule is CC(C)OC(=O)N1CCC(ONC2=CCN(c3cc(F)c(CNCCC(=O)O)cc3F)CC2)CC1. The van der Waals surface area contributed by atoms with Crippen LogP contribution in [0.1, 0.15) is 45.1 Å². The Morgan fingerprint density at radius 3 is 2.54 bits per heavy atom. The van der Waals surface area contributed by atoms with Gasteiger partial charge in [-0.3, -0.25) is 15.1 Å². The van der Waals surface area contributed by atoms with Crippen molar-refractivity contribution >= 4 is 17.7 Å². The lowest BCUT2D eigenvalue weighted by atomic mass is 10.1. The fourth-order valence-corrected chi connectivity index (χ4v) is 3.95. The molecule has 194 valence electrons. The monoisotopic (exact) mass is 496 g/mol. The predicted octanol–water partition coefficient (Wildman–Crippen LogP) is 3.15. The molecule has 1 aromatic rings. The highest BCUT2D eigenvalue weighted by atomic mass is 19.1. The van der Waals surface area contributed by atoms with Crippen LogP contribution in [0.3, 0.4) is 0 Å². The molecule has 1 fully saturated rings. The number of carboxylic acids is 1. The lowest BCUT2D eigenvalue weighted by molar-refractivity contribution is -0.136. The van der Waals surface area contributed by atoms with E-state index in [1.807, 2.05) is 19.9 Å². The molecule has 0 saturated carbocycles. The number of carbonyl (C=O) groups is 2. The maximum Gasteiger partial charge on any atom is 0.410 e. The Morgan fingerprint density at radius 1 is 1.17 bits per heavy atom. The van der Waals surface area contributed by atoms with Gasteiger partial charge in [0, 0.05) is 63.0 Å². The number of aliphatic carboxylic acids is 1. The molecule has 11 heteroatoms. The van der Waals surface area contributed by atoms with E-state index in [2.05, 4.69) is 10.8 Å². The maximum absolute atomic E-state index is 14.7. The van der Waals surface area contributed by atoms with Crippen LogP contribution in [-0.2, 0) is 20.9 Å². The van der Waals surface area contributed by atoms with Gasteiger partial charge in [-0.1, -0.05) is 0 Å². The molecule has 1 amide bonds. The average molecular weight is 497 g/mol. The highest BCUT2D eigenvalue weighted by Gasteiger charge is 2.26. The van der Waals surface area contributed by atoms with Crippen molar-refractivity contribution in [2.75, 3.05) is 37.6 Å². The van der Waals surface area contributed by atoms with E-state index in [0.29, 0.717) is 45.4 Å². The van der Waals surface area contributed by atoms with Gasteiger partial charge < -0.3 is 25.0 Å². The molecule has 1 saturated heterocycles. The third-order valence-corrected chi connectivity index (χ3v) is 5.89. The van der Waals surface area contributed by atoms with E-state index in [4.69, 9.17) is 14.7 Å². The van der Waals surface area contributed by atoms with E-state index in [9.17, 15) is 18.4 Å². The number of piperidine rings is 1. The molecule has 1 aromatic carbocycles. The molecule has 0 aliphatic carbocycles. The Bertz CT molecular complexity index is 919. The van der Waals surface area contributed by atoms with E-state index < -0.39 is 17.6 Å². The van der Waals surface area contributed by atoms with E-state index in [1.165, 1.54) is 6.07 Å². The van der Waals surface area contributed by atoms with Gasteiger partial charge in [-0.25, -0.2) is 13.6 Å². The second-order valence-corrected chi connectivity index (χ2v) is 8.98. The fraction of sp³-hybridized carbons (Fsp3) is 0.583. The zero-order chi connectivity index (χ0) is 25.4. The van der Waals surface area contributed by atoms with Crippen molar-refractivity contribution in [3.8, 4) is 0 Å². The molecule has 0 unspecified atom stereocenters. The number of carbonyl (C=O) groups excluding carboxylic acids is 1. The fourth-order valence-electron chi connectivity index (χ4n) is 3.95. The molecule has 2 aliphatic heterocycles. The number of anilines is 1. The van der Waals surface area contributed by atoms with Gasteiger partial charge in [0.25, 0.3) is 0 Å². The quantitative estimate of drug-likeness (QED) is 0.335. The highest BCUT2D eigenvalue weighted by Crippen LogP contribution is 2.26. The van der Waals surface area contributed by atoms with Crippen LogP contribution < -0.4 is 15.7 Å². The minimum absolute atomic E-state index is 0.0276. The van der Waals surface area contributed by atoms with Gasteiger partial charge in [-0.2, -0.15) is 0 Å². The highest BCUT2D eigenvalue weighted by molar-refractivity contribution is 5.68. The Morgan fingerprint density at radius 2 is 1.91 bits per heavy atom. The standard InChI is InChI=1S/C24H34F2N4O5/c1-16(2)34-24(33)30-11-6-19(7-12-30)35-28-18-4-9-29(10-5-18)22-14-20(25)17(13-21(22)26)15-27-8-3-23(31)32/h4,13-14,16,19,27-28H,3,5-12,15H2,1-2H3,(H,31,32). The maximum atomic E-state index is 14.7. The molecular weight excluding hydrogens is 462 g/mol. The van der Waals surface area contributed by atoms with Crippen molar-refractivity contribution in [2.45, 2.75) is 58.3 Å². The molecule has 0 bridgehead atoms. The van der Waals surface area contributed by atoms with E-state index in [0.717, 1.165) is 11.8 Å². The summed E-state index contributed by atoms with van der Waals surface area (Å²) >= 11 is 0. The third-order valence-electron chi connectivity index (χ3n) is 5.89. The van der Waals surface area contributed by atoms with Crippen LogP contribution in [0, 0.1) is 11.6 Å². The first-order valence-electron chi connectivity index (χ1n) is 11.9. The summed E-state index contributed by atoms with van der Waals surface area (Å²) in [5, 5.41) is 11.5. The number of hydroxylamine groups is 1. The minimum atomic E-state index is -0.953. The Kier molecular flexibility index (Phi) is 9.67. The summed E-state index contributed by atoms with van der Waals surface area (Å²) in [6, 6.07) is 2.34. The number of hydrogen-bond acceptors (Lipinski definition) is 7. The van der Waals surface area contributed by atoms with Crippen LogP contribution in [0.4, 0.5) is 19.3 Å². The topological polar surface area (TPSA) is 103 Å². The summed E-state index contributed by atoms with van der Waals surface area (Å²) in [6.45, 7) is 5.91. The van der Waals surface area contributed by atoms with Crippen molar-refractivity contribution in [1.82, 2.24) is 15.7 Å². The van der Waals surface area contributed by atoms with Crippen LogP contribution in [0.15, 0.2) is 23.9 Å². The van der Waals surface area contributed by atoms with Crippen molar-refractivity contribution in [1.29, 1.82) is 0 Å². The average Bonchev–Trinajstić information content (AvgIpc) is 2.82. The van der Waals surface area contributed by atoms with Gasteiger partial charge in [0.15, 0.2) is 0 Å². The first-order chi connectivity index (χ1) is 16.7. The normalized spacial score (nSPS) is 16.9. The molecule has 9 nitrogen and oxygen atoms in total. The van der Waals surface area contributed by atoms with Crippen LogP contribution in [-0.4, -0.2) is 67.0 Å². The molecule has 2 aliphatic rings. The molecule has 0 spiro atoms. The second kappa shape index (κ2) is 12.7. The summed E-state index contributed by atoms with van der Waals surface area (Å²) < 4.78 is 34.4. The van der Waals surface area contributed by atoms with Gasteiger partial charge in [-0.05, 0) is 38.8 Å². The first-order valence-corrected chi connectivity index (χ1v) is 11.9. The van der Waals surface area contributed by atoms with Crippen LogP contribution in [0.5, 0.6) is 0 Å². The van der Waals surface area contributed by atoms with E-state index in [-0.39, 0.29) is 49.1 Å². The molecule has 0 atom stereocenters. The van der Waals surface area contributed by atoms with Gasteiger partial charge in [0.05, 0.1) is 24.3 Å². The molecule has 35 heavy (non-hydrogen) atoms. The number of hydrogen-bond donors (Lipinski definition) is 3. The number of ether oxygens (including phenoxy) is 1. The van der Waals surface area contributed by atoms with Crippen molar-refractivity contribution in [3.05, 3.63) is 41.1 Å². The second-order valence-electron chi connectivity index (χ2n) is 8.98. The first kappa shape index (κ1) is 26.7. The number of nitrogens with zero attached hydrogens (tertiary/aromatic N) is 2. The molecule has 0 radical (unpaired) electrons. The lowest BCUT2D eigenvalue weighted by Gasteiger charge is -2.33. The van der Waals surface area contributed by atoms with Crippen LogP contribution in [0.25, 0.3) is 0 Å². The Hall–Kier alpha value is -2.92. The molecule has 3 rings (SSSR count). The number of carboxylic acid groups (broad SMARTS) is 1. The lowest BCUT2D eigenvalue weighted by Crippen LogP contribution is -2.43. The number of rotatable bonds is 10. The Labute approximate surface area is 204 Å². The molecule has 2 heterocycles. The number of likely N-dealkylation sites (tertiary alicyclic amines) is 1. The zero-order valence-corrected chi connectivity index (χ0v) is 20.2. The zero-order valence-electron chi connectivity index (χ0n) is 20.2. The summed E-state index contributed by atoms with van der Waals surface area (Å²) in [6.07, 6.45) is 3.30. The third kappa shape index (κ3) is 8.07. The number of halogens is 2. The van der Waals surface area contributed by atoms with Gasteiger partial charge in [-0.15, -0.1) is 0 Å². The largest absolute Gasteiger partial charge is 0.481 e. The van der Waals surface area contributed by atoms with Crippen LogP contribution >= 0.6 is 0 Å². The number of amides is 1. The number of nitrogens with one attached hydrogen (secondary N) is 2. The summed E-state index contributed by atoms with van der Waals surface area (Å²) in [5.74, 6) is -2.01. The predicted molar refractivity (Wildman–Crippen MR) is 126 cm³/mol. The van der Waals surface area contributed by atoms with Crippen LogP contribution in [0.2, 0.25) is 0 Å². The van der Waals surface area contributed by atoms with Gasteiger partial charge >= 0.3 is 12.1 Å². The van der Waals surface area contributed by atoms with Gasteiger partial charge in [0.1, 0.15) is 11.6 Å². The van der Waals surface area contributed by atoms with Crippen molar-refractivity contribution in [2.24, 2.45) is 0 Å². The van der Waals surface area contributed by atoms with Crippen molar-refractivity contribution < 1.29 is 33.1 Å².